The van der Waals surface area contributed by atoms with E-state index in [0.717, 1.165) is 57.4 Å². The fraction of sp³-hybridized carbons (Fsp3) is 0.611. The van der Waals surface area contributed by atoms with Gasteiger partial charge in [0.1, 0.15) is 5.75 Å². The molecule has 1 heterocycles. The van der Waals surface area contributed by atoms with Crippen LogP contribution in [0.15, 0.2) is 29.3 Å². The van der Waals surface area contributed by atoms with Gasteiger partial charge in [0.05, 0.1) is 13.7 Å². The monoisotopic (exact) mass is 319 g/mol. The molecule has 5 heteroatoms. The second kappa shape index (κ2) is 8.77. The molecule has 1 aromatic rings. The highest BCUT2D eigenvalue weighted by Gasteiger charge is 2.34. The van der Waals surface area contributed by atoms with Crippen LogP contribution in [0.5, 0.6) is 5.75 Å². The molecule has 1 aromatic carbocycles. The molecule has 0 saturated carbocycles. The Morgan fingerprint density at radius 1 is 1.13 bits per heavy atom. The van der Waals surface area contributed by atoms with E-state index < -0.39 is 0 Å². The molecule has 0 radical (unpaired) electrons. The third kappa shape index (κ3) is 4.61. The molecular formula is C18H29N3O2. The van der Waals surface area contributed by atoms with Gasteiger partial charge in [-0.15, -0.1) is 0 Å². The SMILES string of the molecule is CCNC(=NCC1(c2ccc(OC)cc2)CCOCC1)NCC. The average Bonchev–Trinajstić information content (AvgIpc) is 2.61. The van der Waals surface area contributed by atoms with Crippen molar-refractivity contribution in [3.05, 3.63) is 29.8 Å². The Labute approximate surface area is 139 Å². The zero-order valence-corrected chi connectivity index (χ0v) is 14.5. The number of nitrogens with zero attached hydrogens (tertiary/aromatic N) is 1. The topological polar surface area (TPSA) is 54.9 Å². The van der Waals surface area contributed by atoms with Crippen molar-refractivity contribution in [1.82, 2.24) is 10.6 Å². The summed E-state index contributed by atoms with van der Waals surface area (Å²) in [4.78, 5) is 4.83. The molecule has 0 aromatic heterocycles. The first-order valence-corrected chi connectivity index (χ1v) is 8.48. The van der Waals surface area contributed by atoms with Gasteiger partial charge in [-0.1, -0.05) is 12.1 Å². The van der Waals surface area contributed by atoms with E-state index in [1.165, 1.54) is 5.56 Å². The number of hydrogen-bond donors (Lipinski definition) is 2. The van der Waals surface area contributed by atoms with E-state index in [4.69, 9.17) is 14.5 Å². The lowest BCUT2D eigenvalue weighted by Crippen LogP contribution is -2.41. The van der Waals surface area contributed by atoms with Gasteiger partial charge in [0.25, 0.3) is 0 Å². The number of guanidine groups is 1. The van der Waals surface area contributed by atoms with Crippen molar-refractivity contribution in [1.29, 1.82) is 0 Å². The molecule has 0 spiro atoms. The van der Waals surface area contributed by atoms with Crippen molar-refractivity contribution in [3.63, 3.8) is 0 Å². The van der Waals surface area contributed by atoms with Gasteiger partial charge >= 0.3 is 0 Å². The van der Waals surface area contributed by atoms with E-state index in [0.29, 0.717) is 0 Å². The second-order valence-corrected chi connectivity index (χ2v) is 5.85. The van der Waals surface area contributed by atoms with Gasteiger partial charge in [0.15, 0.2) is 5.96 Å². The Bertz CT molecular complexity index is 485. The third-order valence-corrected chi connectivity index (χ3v) is 4.38. The summed E-state index contributed by atoms with van der Waals surface area (Å²) in [5, 5.41) is 6.60. The minimum absolute atomic E-state index is 0.0423. The maximum absolute atomic E-state index is 5.59. The quantitative estimate of drug-likeness (QED) is 0.624. The van der Waals surface area contributed by atoms with Crippen LogP contribution in [0.3, 0.4) is 0 Å². The summed E-state index contributed by atoms with van der Waals surface area (Å²) in [5.41, 5.74) is 1.36. The van der Waals surface area contributed by atoms with E-state index in [9.17, 15) is 0 Å². The van der Waals surface area contributed by atoms with E-state index in [2.05, 4.69) is 36.6 Å². The van der Waals surface area contributed by atoms with Crippen LogP contribution in [0.4, 0.5) is 0 Å². The fourth-order valence-electron chi connectivity index (χ4n) is 2.98. The lowest BCUT2D eigenvalue weighted by Gasteiger charge is -2.36. The molecule has 0 amide bonds. The van der Waals surface area contributed by atoms with Gasteiger partial charge in [-0.05, 0) is 44.4 Å². The van der Waals surface area contributed by atoms with Gasteiger partial charge in [-0.25, -0.2) is 0 Å². The largest absolute Gasteiger partial charge is 0.497 e. The summed E-state index contributed by atoms with van der Waals surface area (Å²) in [6.45, 7) is 8.24. The number of nitrogens with one attached hydrogen (secondary N) is 2. The van der Waals surface area contributed by atoms with E-state index in [1.807, 2.05) is 12.1 Å². The van der Waals surface area contributed by atoms with Crippen LogP contribution in [-0.2, 0) is 10.2 Å². The first-order valence-electron chi connectivity index (χ1n) is 8.48. The molecule has 2 N–H and O–H groups in total. The molecule has 0 atom stereocenters. The fourth-order valence-corrected chi connectivity index (χ4v) is 2.98. The zero-order valence-electron chi connectivity index (χ0n) is 14.5. The number of ether oxygens (including phenoxy) is 2. The smallest absolute Gasteiger partial charge is 0.191 e. The summed E-state index contributed by atoms with van der Waals surface area (Å²) in [7, 11) is 1.70. The van der Waals surface area contributed by atoms with Crippen molar-refractivity contribution >= 4 is 5.96 Å². The molecule has 5 nitrogen and oxygen atoms in total. The van der Waals surface area contributed by atoms with Crippen LogP contribution in [-0.4, -0.2) is 45.9 Å². The van der Waals surface area contributed by atoms with Crippen molar-refractivity contribution < 1.29 is 9.47 Å². The first-order chi connectivity index (χ1) is 11.2. The van der Waals surface area contributed by atoms with Crippen LogP contribution < -0.4 is 15.4 Å². The zero-order chi connectivity index (χ0) is 16.5. The summed E-state index contributed by atoms with van der Waals surface area (Å²) in [6, 6.07) is 8.40. The van der Waals surface area contributed by atoms with E-state index >= 15 is 0 Å². The predicted molar refractivity (Wildman–Crippen MR) is 94.4 cm³/mol. The minimum Gasteiger partial charge on any atom is -0.497 e. The average molecular weight is 319 g/mol. The summed E-state index contributed by atoms with van der Waals surface area (Å²) >= 11 is 0. The lowest BCUT2D eigenvalue weighted by atomic mass is 9.74. The Balaban J connectivity index is 2.22. The Morgan fingerprint density at radius 3 is 2.26 bits per heavy atom. The molecule has 1 aliphatic heterocycles. The summed E-state index contributed by atoms with van der Waals surface area (Å²) in [6.07, 6.45) is 1.99. The molecule has 0 bridgehead atoms. The van der Waals surface area contributed by atoms with Crippen LogP contribution in [0.2, 0.25) is 0 Å². The maximum atomic E-state index is 5.59. The molecule has 0 aliphatic carbocycles. The molecular weight excluding hydrogens is 290 g/mol. The number of rotatable bonds is 6. The third-order valence-electron chi connectivity index (χ3n) is 4.38. The van der Waals surface area contributed by atoms with Gasteiger partial charge in [-0.2, -0.15) is 0 Å². The van der Waals surface area contributed by atoms with Crippen molar-refractivity contribution in [2.45, 2.75) is 32.1 Å². The second-order valence-electron chi connectivity index (χ2n) is 5.85. The first kappa shape index (κ1) is 17.6. The highest BCUT2D eigenvalue weighted by molar-refractivity contribution is 5.79. The molecule has 1 saturated heterocycles. The lowest BCUT2D eigenvalue weighted by molar-refractivity contribution is 0.0531. The number of benzene rings is 1. The van der Waals surface area contributed by atoms with Gasteiger partial charge < -0.3 is 20.1 Å². The van der Waals surface area contributed by atoms with Gasteiger partial charge in [0.2, 0.25) is 0 Å². The highest BCUT2D eigenvalue weighted by Crippen LogP contribution is 2.36. The predicted octanol–water partition coefficient (Wildman–Crippen LogP) is 2.32. The number of aliphatic imine (C=N–C) groups is 1. The van der Waals surface area contributed by atoms with Crippen molar-refractivity contribution in [2.24, 2.45) is 4.99 Å². The number of methoxy groups -OCH3 is 1. The highest BCUT2D eigenvalue weighted by atomic mass is 16.5. The van der Waals surface area contributed by atoms with Gasteiger partial charge in [0, 0.05) is 31.7 Å². The van der Waals surface area contributed by atoms with E-state index in [-0.39, 0.29) is 5.41 Å². The van der Waals surface area contributed by atoms with E-state index in [1.54, 1.807) is 7.11 Å². The number of hydrogen-bond acceptors (Lipinski definition) is 3. The van der Waals surface area contributed by atoms with Crippen LogP contribution in [0.25, 0.3) is 0 Å². The van der Waals surface area contributed by atoms with Crippen molar-refractivity contribution in [3.8, 4) is 5.75 Å². The minimum atomic E-state index is 0.0423. The molecule has 1 aliphatic rings. The van der Waals surface area contributed by atoms with Crippen LogP contribution >= 0.6 is 0 Å². The molecule has 128 valence electrons. The standard InChI is InChI=1S/C18H29N3O2/c1-4-19-17(20-5-2)21-14-18(10-12-23-13-11-18)15-6-8-16(22-3)9-7-15/h6-9H,4-5,10-14H2,1-3H3,(H2,19,20,21). The molecule has 0 unspecified atom stereocenters. The van der Waals surface area contributed by atoms with Crippen LogP contribution in [0.1, 0.15) is 32.3 Å². The maximum Gasteiger partial charge on any atom is 0.191 e. The van der Waals surface area contributed by atoms with Crippen molar-refractivity contribution in [2.75, 3.05) is 40.0 Å². The summed E-state index contributed by atoms with van der Waals surface area (Å²) < 4.78 is 10.9. The Hall–Kier alpha value is -1.75. The summed E-state index contributed by atoms with van der Waals surface area (Å²) in [5.74, 6) is 1.77. The molecule has 1 fully saturated rings. The van der Waals surface area contributed by atoms with Crippen LogP contribution in [0, 0.1) is 0 Å². The Kier molecular flexibility index (Phi) is 6.71. The molecule has 2 rings (SSSR count). The van der Waals surface area contributed by atoms with Gasteiger partial charge in [-0.3, -0.25) is 4.99 Å². The molecule has 23 heavy (non-hydrogen) atoms. The Morgan fingerprint density at radius 2 is 1.74 bits per heavy atom. The normalized spacial score (nSPS) is 16.5.